The number of alkyl carbamates (subject to hydrolysis) is 1. The van der Waals surface area contributed by atoms with E-state index in [0.717, 1.165) is 5.56 Å². The van der Waals surface area contributed by atoms with Gasteiger partial charge in [-0.05, 0) is 78.0 Å². The van der Waals surface area contributed by atoms with Gasteiger partial charge in [-0.1, -0.05) is 62.4 Å². The molecule has 48 heavy (non-hydrogen) atoms. The van der Waals surface area contributed by atoms with Crippen LogP contribution in [0.1, 0.15) is 80.3 Å². The van der Waals surface area contributed by atoms with Crippen LogP contribution in [0.25, 0.3) is 11.6 Å². The van der Waals surface area contributed by atoms with Gasteiger partial charge < -0.3 is 29.6 Å². The van der Waals surface area contributed by atoms with Crippen LogP contribution in [-0.4, -0.2) is 33.7 Å². The highest BCUT2D eigenvalue weighted by Gasteiger charge is 2.33. The van der Waals surface area contributed by atoms with Crippen molar-refractivity contribution >= 4 is 39.6 Å². The van der Waals surface area contributed by atoms with Crippen molar-refractivity contribution in [3.63, 3.8) is 0 Å². The number of rotatable bonds is 6. The van der Waals surface area contributed by atoms with Crippen molar-refractivity contribution in [3.05, 3.63) is 111 Å². The van der Waals surface area contributed by atoms with E-state index < -0.39 is 29.7 Å². The summed E-state index contributed by atoms with van der Waals surface area (Å²) >= 11 is 3.68. The van der Waals surface area contributed by atoms with E-state index >= 15 is 0 Å². The van der Waals surface area contributed by atoms with Crippen molar-refractivity contribution in [2.45, 2.75) is 65.3 Å². The molecular weight excluding hydrogens is 676 g/mol. The van der Waals surface area contributed by atoms with Gasteiger partial charge in [0.25, 0.3) is 0 Å². The summed E-state index contributed by atoms with van der Waals surface area (Å²) < 4.78 is 18.8. The first-order valence-electron chi connectivity index (χ1n) is 15.5. The maximum Gasteiger partial charge on any atom is 0.408 e. The van der Waals surface area contributed by atoms with Gasteiger partial charge in [0.2, 0.25) is 11.8 Å². The summed E-state index contributed by atoms with van der Waals surface area (Å²) in [6, 6.07) is 20.4. The Balaban J connectivity index is 1.74. The molecule has 2 amide bonds. The van der Waals surface area contributed by atoms with Crippen LogP contribution in [0.5, 0.6) is 11.5 Å². The molecule has 2 atom stereocenters. The monoisotopic (exact) mass is 712 g/mol. The first-order chi connectivity index (χ1) is 22.8. The Labute approximate surface area is 287 Å². The first kappa shape index (κ1) is 34.3. The fourth-order valence-electron chi connectivity index (χ4n) is 5.29. The summed E-state index contributed by atoms with van der Waals surface area (Å²) in [4.78, 5) is 31.4. The Morgan fingerprint density at radius 2 is 1.88 bits per heavy atom. The number of hydrogen-bond acceptors (Lipinski definition) is 8. The van der Waals surface area contributed by atoms with E-state index in [0.29, 0.717) is 32.5 Å². The summed E-state index contributed by atoms with van der Waals surface area (Å²) in [6.07, 6.45) is 1.12. The molecule has 0 aliphatic carbocycles. The second-order valence-corrected chi connectivity index (χ2v) is 13.7. The Hall–Kier alpha value is -5.08. The molecule has 1 aliphatic heterocycles. The van der Waals surface area contributed by atoms with Gasteiger partial charge in [0, 0.05) is 23.1 Å². The van der Waals surface area contributed by atoms with E-state index in [4.69, 9.17) is 13.9 Å². The van der Waals surface area contributed by atoms with Gasteiger partial charge in [-0.25, -0.2) is 9.78 Å². The number of benzene rings is 3. The molecule has 2 heterocycles. The lowest BCUT2D eigenvalue weighted by Gasteiger charge is -2.26. The van der Waals surface area contributed by atoms with Crippen LogP contribution in [0, 0.1) is 17.2 Å². The van der Waals surface area contributed by atoms with Gasteiger partial charge >= 0.3 is 6.09 Å². The lowest BCUT2D eigenvalue weighted by Crippen LogP contribution is -2.50. The Kier molecular flexibility index (Phi) is 10.2. The number of phenols is 1. The highest BCUT2D eigenvalue weighted by Crippen LogP contribution is 2.40. The molecule has 0 spiro atoms. The van der Waals surface area contributed by atoms with Crippen molar-refractivity contribution in [1.29, 1.82) is 5.26 Å². The predicted molar refractivity (Wildman–Crippen MR) is 184 cm³/mol. The van der Waals surface area contributed by atoms with Crippen molar-refractivity contribution in [2.24, 2.45) is 5.92 Å². The van der Waals surface area contributed by atoms with Crippen LogP contribution in [-0.2, 0) is 22.6 Å². The number of halogens is 1. The van der Waals surface area contributed by atoms with E-state index in [2.05, 4.69) is 37.6 Å². The number of para-hydroxylation sites is 1. The number of carbonyl (C=O) groups excluding carboxylic acids is 2. The number of hydrogen-bond donors (Lipinski definition) is 3. The third kappa shape index (κ3) is 8.06. The number of fused-ring (bicyclic) bond motifs is 4. The van der Waals surface area contributed by atoms with Crippen LogP contribution < -0.4 is 15.4 Å². The third-order valence-electron chi connectivity index (χ3n) is 7.52. The highest BCUT2D eigenvalue weighted by atomic mass is 79.9. The van der Waals surface area contributed by atoms with Crippen molar-refractivity contribution in [3.8, 4) is 17.6 Å². The number of nitrogens with zero attached hydrogens (tertiary/aromatic N) is 2. The average Bonchev–Trinajstić information content (AvgIpc) is 3.45. The SMILES string of the molecule is CC(C)[C@@H]1NC(=O)[C@@H](NC(=O)OC(C)(C)C)Cc2cc(Br)c(OCc3ccccc3)c(c2)/C=C(\c2ccccc2O)c2oc1nc2C#N. The van der Waals surface area contributed by atoms with Crippen LogP contribution in [0.15, 0.2) is 75.6 Å². The zero-order valence-electron chi connectivity index (χ0n) is 27.3. The van der Waals surface area contributed by atoms with Crippen molar-refractivity contribution in [1.82, 2.24) is 15.6 Å². The van der Waals surface area contributed by atoms with Crippen LogP contribution in [0.3, 0.4) is 0 Å². The largest absolute Gasteiger partial charge is 0.507 e. The fraction of sp³-hybridized carbons (Fsp3) is 0.297. The number of aromatic hydroxyl groups is 1. The molecule has 248 valence electrons. The van der Waals surface area contributed by atoms with Gasteiger partial charge in [0.05, 0.1) is 4.47 Å². The molecule has 0 fully saturated rings. The third-order valence-corrected chi connectivity index (χ3v) is 8.11. The summed E-state index contributed by atoms with van der Waals surface area (Å²) in [5, 5.41) is 27.0. The Morgan fingerprint density at radius 1 is 1.17 bits per heavy atom. The number of nitriles is 1. The summed E-state index contributed by atoms with van der Waals surface area (Å²) in [5.74, 6) is -0.0443. The lowest BCUT2D eigenvalue weighted by atomic mass is 9.96. The smallest absolute Gasteiger partial charge is 0.408 e. The molecule has 5 rings (SSSR count). The molecule has 3 aromatic carbocycles. The lowest BCUT2D eigenvalue weighted by molar-refractivity contribution is -0.124. The van der Waals surface area contributed by atoms with Gasteiger partial charge in [-0.15, -0.1) is 0 Å². The molecule has 0 radical (unpaired) electrons. The molecular formula is C37H37BrN4O6. The van der Waals surface area contributed by atoms with E-state index in [1.54, 1.807) is 51.1 Å². The minimum atomic E-state index is -1.05. The number of nitrogens with one attached hydrogen (secondary N) is 2. The summed E-state index contributed by atoms with van der Waals surface area (Å²) in [6.45, 7) is 9.24. The summed E-state index contributed by atoms with van der Waals surface area (Å²) in [7, 11) is 0. The Morgan fingerprint density at radius 3 is 2.54 bits per heavy atom. The number of phenolic OH excluding ortho intramolecular Hbond substituents is 1. The van der Waals surface area contributed by atoms with Gasteiger partial charge in [-0.3, -0.25) is 4.79 Å². The second-order valence-electron chi connectivity index (χ2n) is 12.8. The van der Waals surface area contributed by atoms with Crippen LogP contribution in [0.4, 0.5) is 4.79 Å². The molecule has 1 aliphatic rings. The molecule has 4 bridgehead atoms. The highest BCUT2D eigenvalue weighted by molar-refractivity contribution is 9.10. The molecule has 3 N–H and O–H groups in total. The van der Waals surface area contributed by atoms with E-state index in [1.165, 1.54) is 0 Å². The number of ether oxygens (including phenoxy) is 2. The maximum absolute atomic E-state index is 13.9. The van der Waals surface area contributed by atoms with E-state index in [1.807, 2.05) is 56.3 Å². The van der Waals surface area contributed by atoms with Gasteiger partial charge in [-0.2, -0.15) is 5.26 Å². The standard InChI is InChI=1S/C37H37BrN4O6/c1-21(2)31-35-40-29(19-39)33(47-35)26(25-13-9-10-14-30(25)43)18-24-15-23(16-27(38)32(24)46-20-22-11-7-6-8-12-22)17-28(34(44)42-31)41-36(45)48-37(3,4)5/h6-16,18,21,28,31,43H,17,20H2,1-5H3,(H,41,45)(H,42,44)/b26-18+/t28-,31-/m0/s1. The first-order valence-corrected chi connectivity index (χ1v) is 16.3. The zero-order valence-corrected chi connectivity index (χ0v) is 28.9. The molecule has 11 heteroatoms. The van der Waals surface area contributed by atoms with Crippen LogP contribution >= 0.6 is 15.9 Å². The Bertz CT molecular complexity index is 1890. The van der Waals surface area contributed by atoms with Gasteiger partial charge in [0.15, 0.2) is 11.5 Å². The van der Waals surface area contributed by atoms with Crippen molar-refractivity contribution < 1.29 is 28.6 Å². The average molecular weight is 714 g/mol. The normalized spacial score (nSPS) is 17.5. The predicted octanol–water partition coefficient (Wildman–Crippen LogP) is 7.44. The maximum atomic E-state index is 13.9. The fourth-order valence-corrected chi connectivity index (χ4v) is 5.93. The zero-order chi connectivity index (χ0) is 34.6. The molecule has 0 unspecified atom stereocenters. The minimum absolute atomic E-state index is 0.0261. The number of amides is 2. The van der Waals surface area contributed by atoms with E-state index in [-0.39, 0.29) is 42.0 Å². The van der Waals surface area contributed by atoms with Crippen molar-refractivity contribution in [2.75, 3.05) is 0 Å². The number of oxazole rings is 1. The number of aromatic nitrogens is 1. The molecule has 1 aromatic heterocycles. The minimum Gasteiger partial charge on any atom is -0.507 e. The second kappa shape index (κ2) is 14.4. The molecule has 0 saturated heterocycles. The number of carbonyl (C=O) groups is 2. The molecule has 10 nitrogen and oxygen atoms in total. The van der Waals surface area contributed by atoms with Gasteiger partial charge in [0.1, 0.15) is 41.9 Å². The van der Waals surface area contributed by atoms with E-state index in [9.17, 15) is 20.0 Å². The quantitative estimate of drug-likeness (QED) is 0.187. The topological polar surface area (TPSA) is 147 Å². The van der Waals surface area contributed by atoms with Crippen LogP contribution in [0.2, 0.25) is 0 Å². The molecule has 4 aromatic rings. The molecule has 0 saturated carbocycles. The summed E-state index contributed by atoms with van der Waals surface area (Å²) in [5.41, 5.74) is 2.16.